The van der Waals surface area contributed by atoms with Crippen LogP contribution in [0.15, 0.2) is 54.6 Å². The summed E-state index contributed by atoms with van der Waals surface area (Å²) in [6.45, 7) is 3.91. The SMILES string of the molecule is COC(=O)/C=C/[C@H](C)O[C@@H](C)c1ccc2ccccc2c1. The fraction of sp³-hybridized carbons (Fsp3) is 0.278. The van der Waals surface area contributed by atoms with E-state index in [9.17, 15) is 4.79 Å². The highest BCUT2D eigenvalue weighted by Crippen LogP contribution is 2.23. The van der Waals surface area contributed by atoms with E-state index in [4.69, 9.17) is 4.74 Å². The number of rotatable bonds is 5. The Morgan fingerprint density at radius 1 is 1.10 bits per heavy atom. The van der Waals surface area contributed by atoms with Gasteiger partial charge in [-0.3, -0.25) is 0 Å². The third-order valence-corrected chi connectivity index (χ3v) is 3.37. The quantitative estimate of drug-likeness (QED) is 0.614. The van der Waals surface area contributed by atoms with E-state index in [0.29, 0.717) is 0 Å². The Kier molecular flexibility index (Phi) is 5.12. The van der Waals surface area contributed by atoms with Crippen LogP contribution in [0.5, 0.6) is 0 Å². The maximum Gasteiger partial charge on any atom is 0.330 e. The molecule has 3 nitrogen and oxygen atoms in total. The molecule has 2 aromatic rings. The second-order valence-electron chi connectivity index (χ2n) is 4.97. The van der Waals surface area contributed by atoms with E-state index in [-0.39, 0.29) is 18.2 Å². The lowest BCUT2D eigenvalue weighted by atomic mass is 10.0. The Labute approximate surface area is 125 Å². The van der Waals surface area contributed by atoms with Crippen LogP contribution < -0.4 is 0 Å². The number of hydrogen-bond acceptors (Lipinski definition) is 3. The summed E-state index contributed by atoms with van der Waals surface area (Å²) in [7, 11) is 1.36. The zero-order chi connectivity index (χ0) is 15.2. The number of benzene rings is 2. The first-order valence-corrected chi connectivity index (χ1v) is 7.00. The van der Waals surface area contributed by atoms with Crippen LogP contribution in [0.3, 0.4) is 0 Å². The summed E-state index contributed by atoms with van der Waals surface area (Å²) < 4.78 is 10.4. The number of carbonyl (C=O) groups is 1. The summed E-state index contributed by atoms with van der Waals surface area (Å²) >= 11 is 0. The Balaban J connectivity index is 2.06. The van der Waals surface area contributed by atoms with Gasteiger partial charge in [-0.15, -0.1) is 0 Å². The van der Waals surface area contributed by atoms with Gasteiger partial charge in [0.05, 0.1) is 19.3 Å². The first-order chi connectivity index (χ1) is 10.1. The average molecular weight is 284 g/mol. The van der Waals surface area contributed by atoms with Gasteiger partial charge >= 0.3 is 5.97 Å². The van der Waals surface area contributed by atoms with Crippen LogP contribution in [0, 0.1) is 0 Å². The molecule has 0 radical (unpaired) electrons. The van der Waals surface area contributed by atoms with Crippen molar-refractivity contribution >= 4 is 16.7 Å². The molecule has 2 rings (SSSR count). The molecular weight excluding hydrogens is 264 g/mol. The third kappa shape index (κ3) is 4.17. The third-order valence-electron chi connectivity index (χ3n) is 3.37. The van der Waals surface area contributed by atoms with E-state index in [1.807, 2.05) is 26.0 Å². The van der Waals surface area contributed by atoms with Crippen molar-refractivity contribution in [1.82, 2.24) is 0 Å². The molecule has 0 aliphatic rings. The number of carbonyl (C=O) groups excluding carboxylic acids is 1. The molecule has 0 heterocycles. The van der Waals surface area contributed by atoms with Crippen LogP contribution in [0.2, 0.25) is 0 Å². The van der Waals surface area contributed by atoms with E-state index in [1.165, 1.54) is 24.0 Å². The van der Waals surface area contributed by atoms with E-state index in [1.54, 1.807) is 6.08 Å². The van der Waals surface area contributed by atoms with Crippen molar-refractivity contribution in [2.24, 2.45) is 0 Å². The molecule has 2 aromatic carbocycles. The fourth-order valence-electron chi connectivity index (χ4n) is 2.19. The van der Waals surface area contributed by atoms with Crippen molar-refractivity contribution in [3.63, 3.8) is 0 Å². The Morgan fingerprint density at radius 3 is 2.52 bits per heavy atom. The number of fused-ring (bicyclic) bond motifs is 1. The molecule has 21 heavy (non-hydrogen) atoms. The number of ether oxygens (including phenoxy) is 2. The highest BCUT2D eigenvalue weighted by molar-refractivity contribution is 5.83. The molecule has 0 unspecified atom stereocenters. The minimum absolute atomic E-state index is 0.0492. The predicted octanol–water partition coefficient (Wildman–Crippen LogP) is 4.04. The van der Waals surface area contributed by atoms with Gasteiger partial charge in [-0.25, -0.2) is 4.79 Å². The van der Waals surface area contributed by atoms with Crippen LogP contribution in [0.25, 0.3) is 10.8 Å². The average Bonchev–Trinajstić information content (AvgIpc) is 2.52. The van der Waals surface area contributed by atoms with E-state index in [0.717, 1.165) is 5.56 Å². The molecule has 0 amide bonds. The maximum absolute atomic E-state index is 11.1. The van der Waals surface area contributed by atoms with Crippen molar-refractivity contribution in [1.29, 1.82) is 0 Å². The molecule has 0 spiro atoms. The molecule has 110 valence electrons. The Bertz CT molecular complexity index is 646. The van der Waals surface area contributed by atoms with Gasteiger partial charge in [-0.05, 0) is 42.3 Å². The van der Waals surface area contributed by atoms with Gasteiger partial charge in [0, 0.05) is 6.08 Å². The van der Waals surface area contributed by atoms with Crippen LogP contribution in [0.1, 0.15) is 25.5 Å². The van der Waals surface area contributed by atoms with E-state index in [2.05, 4.69) is 35.1 Å². The second-order valence-corrected chi connectivity index (χ2v) is 4.97. The highest BCUT2D eigenvalue weighted by atomic mass is 16.5. The zero-order valence-corrected chi connectivity index (χ0v) is 12.6. The molecule has 0 N–H and O–H groups in total. The highest BCUT2D eigenvalue weighted by Gasteiger charge is 2.10. The summed E-state index contributed by atoms with van der Waals surface area (Å²) in [5, 5.41) is 2.41. The summed E-state index contributed by atoms with van der Waals surface area (Å²) in [6, 6.07) is 14.5. The number of esters is 1. The molecule has 0 aliphatic carbocycles. The van der Waals surface area contributed by atoms with Gasteiger partial charge in [0.25, 0.3) is 0 Å². The molecule has 0 fully saturated rings. The standard InChI is InChI=1S/C18H20O3/c1-13(8-11-18(19)20-3)21-14(2)16-10-9-15-6-4-5-7-17(15)12-16/h4-14H,1-3H3/b11-8+/t13-,14-/m0/s1. The molecular formula is C18H20O3. The minimum Gasteiger partial charge on any atom is -0.466 e. The molecule has 0 saturated carbocycles. The van der Waals surface area contributed by atoms with Crippen molar-refractivity contribution in [3.05, 3.63) is 60.2 Å². The van der Waals surface area contributed by atoms with Gasteiger partial charge < -0.3 is 9.47 Å². The normalized spacial score (nSPS) is 14.2. The van der Waals surface area contributed by atoms with Crippen molar-refractivity contribution < 1.29 is 14.3 Å². The number of methoxy groups -OCH3 is 1. The lowest BCUT2D eigenvalue weighted by molar-refractivity contribution is -0.134. The fourth-order valence-corrected chi connectivity index (χ4v) is 2.19. The zero-order valence-electron chi connectivity index (χ0n) is 12.6. The van der Waals surface area contributed by atoms with E-state index < -0.39 is 0 Å². The number of hydrogen-bond donors (Lipinski definition) is 0. The van der Waals surface area contributed by atoms with Crippen LogP contribution in [0.4, 0.5) is 0 Å². The lowest BCUT2D eigenvalue weighted by Crippen LogP contribution is -2.10. The Morgan fingerprint density at radius 2 is 1.81 bits per heavy atom. The van der Waals surface area contributed by atoms with Crippen LogP contribution in [-0.4, -0.2) is 19.2 Å². The van der Waals surface area contributed by atoms with Gasteiger partial charge in [0.15, 0.2) is 0 Å². The first-order valence-electron chi connectivity index (χ1n) is 7.00. The second kappa shape index (κ2) is 7.04. The largest absolute Gasteiger partial charge is 0.466 e. The van der Waals surface area contributed by atoms with Gasteiger partial charge in [0.1, 0.15) is 0 Å². The monoisotopic (exact) mass is 284 g/mol. The van der Waals surface area contributed by atoms with Crippen LogP contribution in [-0.2, 0) is 14.3 Å². The van der Waals surface area contributed by atoms with Crippen LogP contribution >= 0.6 is 0 Å². The maximum atomic E-state index is 11.1. The summed E-state index contributed by atoms with van der Waals surface area (Å²) in [5.41, 5.74) is 1.12. The van der Waals surface area contributed by atoms with Crippen molar-refractivity contribution in [2.45, 2.75) is 26.1 Å². The molecule has 2 atom stereocenters. The van der Waals surface area contributed by atoms with Gasteiger partial charge in [0.2, 0.25) is 0 Å². The van der Waals surface area contributed by atoms with Gasteiger partial charge in [-0.2, -0.15) is 0 Å². The molecule has 0 aromatic heterocycles. The predicted molar refractivity (Wildman–Crippen MR) is 84.1 cm³/mol. The molecule has 3 heteroatoms. The molecule has 0 aliphatic heterocycles. The topological polar surface area (TPSA) is 35.5 Å². The van der Waals surface area contributed by atoms with Gasteiger partial charge in [-0.1, -0.05) is 36.4 Å². The van der Waals surface area contributed by atoms with Crippen molar-refractivity contribution in [2.75, 3.05) is 7.11 Å². The van der Waals surface area contributed by atoms with E-state index >= 15 is 0 Å². The summed E-state index contributed by atoms with van der Waals surface area (Å²) in [5.74, 6) is -0.371. The first kappa shape index (κ1) is 15.3. The molecule has 0 bridgehead atoms. The lowest BCUT2D eigenvalue weighted by Gasteiger charge is -2.17. The minimum atomic E-state index is -0.371. The smallest absolute Gasteiger partial charge is 0.330 e. The molecule has 0 saturated heterocycles. The van der Waals surface area contributed by atoms with Crippen molar-refractivity contribution in [3.8, 4) is 0 Å². The summed E-state index contributed by atoms with van der Waals surface area (Å²) in [4.78, 5) is 11.1. The summed E-state index contributed by atoms with van der Waals surface area (Å²) in [6.07, 6.45) is 2.87. The Hall–Kier alpha value is -2.13.